The molecule has 0 bridgehead atoms. The highest BCUT2D eigenvalue weighted by Crippen LogP contribution is 2.29. The predicted molar refractivity (Wildman–Crippen MR) is 109 cm³/mol. The van der Waals surface area contributed by atoms with Crippen LogP contribution in [0, 0.1) is 11.8 Å². The quantitative estimate of drug-likeness (QED) is 0.399. The maximum absolute atomic E-state index is 12.8. The van der Waals surface area contributed by atoms with Crippen LogP contribution in [0.3, 0.4) is 0 Å². The van der Waals surface area contributed by atoms with Crippen LogP contribution in [0.4, 0.5) is 0 Å². The second kappa shape index (κ2) is 9.35. The van der Waals surface area contributed by atoms with Gasteiger partial charge in [-0.05, 0) is 37.3 Å². The Morgan fingerprint density at radius 1 is 1.24 bits per heavy atom. The molecular formula is C22H29NO6. The zero-order valence-electron chi connectivity index (χ0n) is 16.9. The van der Waals surface area contributed by atoms with E-state index >= 15 is 0 Å². The first-order valence-corrected chi connectivity index (χ1v) is 9.64. The molecule has 5 N–H and O–H groups in total. The van der Waals surface area contributed by atoms with Gasteiger partial charge in [-0.25, -0.2) is 0 Å². The number of benzene rings is 1. The zero-order chi connectivity index (χ0) is 21.8. The molecular weight excluding hydrogens is 374 g/mol. The van der Waals surface area contributed by atoms with Crippen molar-refractivity contribution in [3.8, 4) is 0 Å². The van der Waals surface area contributed by atoms with Gasteiger partial charge in [0.2, 0.25) is 0 Å². The van der Waals surface area contributed by atoms with Gasteiger partial charge in [0.1, 0.15) is 11.7 Å². The molecule has 0 radical (unpaired) electrons. The number of carbonyl (C=O) groups is 2. The van der Waals surface area contributed by atoms with E-state index < -0.39 is 35.9 Å². The molecule has 7 heteroatoms. The van der Waals surface area contributed by atoms with Crippen molar-refractivity contribution < 1.29 is 30.0 Å². The van der Waals surface area contributed by atoms with E-state index in [0.29, 0.717) is 6.42 Å². The molecule has 2 rings (SSSR count). The first kappa shape index (κ1) is 22.8. The third kappa shape index (κ3) is 5.53. The molecule has 1 aliphatic rings. The Hall–Kier alpha value is -2.48. The van der Waals surface area contributed by atoms with Crippen LogP contribution >= 0.6 is 0 Å². The van der Waals surface area contributed by atoms with Crippen molar-refractivity contribution in [2.24, 2.45) is 11.8 Å². The smallest absolute Gasteiger partial charge is 0.263 e. The van der Waals surface area contributed by atoms with Crippen LogP contribution < -0.4 is 5.32 Å². The summed E-state index contributed by atoms with van der Waals surface area (Å²) in [5, 5.41) is 42.0. The largest absolute Gasteiger partial charge is 0.505 e. The molecule has 1 aromatic rings. The van der Waals surface area contributed by atoms with Crippen LogP contribution in [-0.2, 0) is 9.59 Å². The van der Waals surface area contributed by atoms with Gasteiger partial charge in [-0.1, -0.05) is 44.2 Å². The summed E-state index contributed by atoms with van der Waals surface area (Å²) < 4.78 is 0. The van der Waals surface area contributed by atoms with Crippen molar-refractivity contribution in [1.29, 1.82) is 0 Å². The monoisotopic (exact) mass is 403 g/mol. The van der Waals surface area contributed by atoms with Crippen LogP contribution in [0.15, 0.2) is 47.4 Å². The van der Waals surface area contributed by atoms with Crippen LogP contribution in [-0.4, -0.2) is 50.4 Å². The summed E-state index contributed by atoms with van der Waals surface area (Å²) in [5.41, 5.74) is -0.809. The van der Waals surface area contributed by atoms with Gasteiger partial charge in [0, 0.05) is 5.92 Å². The maximum atomic E-state index is 12.8. The lowest BCUT2D eigenvalue weighted by atomic mass is 9.82. The Bertz CT molecular complexity index is 812. The maximum Gasteiger partial charge on any atom is 0.263 e. The number of hydrogen-bond acceptors (Lipinski definition) is 6. The molecule has 1 heterocycles. The third-order valence-corrected chi connectivity index (χ3v) is 5.18. The Morgan fingerprint density at radius 3 is 2.45 bits per heavy atom. The summed E-state index contributed by atoms with van der Waals surface area (Å²) in [7, 11) is 0. The number of Topliss-reactive ketones (excluding diaryl/α,β-unsaturated/α-hetero) is 1. The highest BCUT2D eigenvalue weighted by atomic mass is 16.4. The molecule has 0 spiro atoms. The first-order valence-electron chi connectivity index (χ1n) is 9.64. The molecule has 7 nitrogen and oxygen atoms in total. The zero-order valence-corrected chi connectivity index (χ0v) is 16.9. The molecule has 4 atom stereocenters. The lowest BCUT2D eigenvalue weighted by Gasteiger charge is -2.31. The van der Waals surface area contributed by atoms with Crippen LogP contribution in [0.1, 0.15) is 39.2 Å². The van der Waals surface area contributed by atoms with Crippen LogP contribution in [0.5, 0.6) is 0 Å². The minimum atomic E-state index is -1.49. The van der Waals surface area contributed by atoms with Crippen molar-refractivity contribution >= 4 is 17.8 Å². The van der Waals surface area contributed by atoms with E-state index in [0.717, 1.165) is 5.56 Å². The summed E-state index contributed by atoms with van der Waals surface area (Å²) in [6, 6.07) is 9.11. The highest BCUT2D eigenvalue weighted by Gasteiger charge is 2.36. The van der Waals surface area contributed by atoms with Gasteiger partial charge in [0.15, 0.2) is 11.5 Å². The van der Waals surface area contributed by atoms with Crippen molar-refractivity contribution in [1.82, 2.24) is 5.32 Å². The summed E-state index contributed by atoms with van der Waals surface area (Å²) in [5.74, 6) is -2.24. The molecule has 29 heavy (non-hydrogen) atoms. The van der Waals surface area contributed by atoms with Gasteiger partial charge >= 0.3 is 0 Å². The predicted octanol–water partition coefficient (Wildman–Crippen LogP) is 1.70. The topological polar surface area (TPSA) is 127 Å². The lowest BCUT2D eigenvalue weighted by molar-refractivity contribution is -0.124. The minimum absolute atomic E-state index is 0.169. The van der Waals surface area contributed by atoms with E-state index in [2.05, 4.69) is 5.32 Å². The number of aliphatic hydroxyl groups is 4. The Morgan fingerprint density at radius 2 is 1.86 bits per heavy atom. The minimum Gasteiger partial charge on any atom is -0.505 e. The fourth-order valence-corrected chi connectivity index (χ4v) is 3.61. The summed E-state index contributed by atoms with van der Waals surface area (Å²) in [6.45, 7) is 4.33. The number of nitrogens with one attached hydrogen (secondary N) is 1. The molecule has 0 fully saturated rings. The van der Waals surface area contributed by atoms with Gasteiger partial charge in [-0.15, -0.1) is 0 Å². The van der Waals surface area contributed by atoms with Crippen molar-refractivity contribution in [2.45, 2.75) is 45.3 Å². The van der Waals surface area contributed by atoms with Gasteiger partial charge in [-0.3, -0.25) is 9.59 Å². The average Bonchev–Trinajstić information content (AvgIpc) is 2.93. The third-order valence-electron chi connectivity index (χ3n) is 5.18. The van der Waals surface area contributed by atoms with E-state index in [1.165, 1.54) is 6.92 Å². The number of hydrogen-bond donors (Lipinski definition) is 5. The Labute approximate surface area is 170 Å². The van der Waals surface area contributed by atoms with E-state index in [9.17, 15) is 24.9 Å². The first-order chi connectivity index (χ1) is 13.6. The normalized spacial score (nSPS) is 20.9. The molecule has 0 aliphatic carbocycles. The number of carbonyl (C=O) groups excluding carboxylic acids is 2. The van der Waals surface area contributed by atoms with Gasteiger partial charge in [-0.2, -0.15) is 0 Å². The van der Waals surface area contributed by atoms with Crippen molar-refractivity contribution in [3.63, 3.8) is 0 Å². The molecule has 0 unspecified atom stereocenters. The van der Waals surface area contributed by atoms with E-state index in [1.54, 1.807) is 13.0 Å². The number of amides is 1. The van der Waals surface area contributed by atoms with Gasteiger partial charge in [0.25, 0.3) is 5.91 Å². The number of aliphatic hydroxyl groups excluding tert-OH is 3. The van der Waals surface area contributed by atoms with Crippen LogP contribution in [0.25, 0.3) is 6.08 Å². The molecule has 0 aromatic heterocycles. The fraction of sp³-hybridized carbons (Fsp3) is 0.455. The number of ketones is 1. The lowest BCUT2D eigenvalue weighted by Crippen LogP contribution is -2.43. The molecule has 0 saturated heterocycles. The van der Waals surface area contributed by atoms with Crippen LogP contribution in [0.2, 0.25) is 0 Å². The SMILES string of the molecule is C[C@@H](C[C@H](C)C(=O)C1=C(O)/C(=C/c2ccccc2)NC1=O)C[C@](C)(O)[C@@H](O)CO. The summed E-state index contributed by atoms with van der Waals surface area (Å²) in [6.07, 6.45) is 0.820. The summed E-state index contributed by atoms with van der Waals surface area (Å²) >= 11 is 0. The van der Waals surface area contributed by atoms with Gasteiger partial charge in [0.05, 0.1) is 17.9 Å². The van der Waals surface area contributed by atoms with E-state index in [-0.39, 0.29) is 29.4 Å². The molecule has 158 valence electrons. The van der Waals surface area contributed by atoms with Crippen molar-refractivity contribution in [2.75, 3.05) is 6.61 Å². The van der Waals surface area contributed by atoms with Gasteiger partial charge < -0.3 is 25.7 Å². The molecule has 1 aliphatic heterocycles. The second-order valence-electron chi connectivity index (χ2n) is 8.01. The van der Waals surface area contributed by atoms with Crippen molar-refractivity contribution in [3.05, 3.63) is 52.9 Å². The van der Waals surface area contributed by atoms with E-state index in [4.69, 9.17) is 5.11 Å². The standard InChI is InChI=1S/C22H29NO6/c1-13(11-22(3,29)17(25)12-24)9-14(2)19(26)18-20(27)16(23-21(18)28)10-15-7-5-4-6-8-15/h4-8,10,13-14,17,24-25,27,29H,9,11-12H2,1-3H3,(H,23,28)/b16-10-/t13-,14-,17-,22-/m0/s1. The molecule has 0 saturated carbocycles. The fourth-order valence-electron chi connectivity index (χ4n) is 3.61. The van der Waals surface area contributed by atoms with E-state index in [1.807, 2.05) is 37.3 Å². The summed E-state index contributed by atoms with van der Waals surface area (Å²) in [4.78, 5) is 25.1. The Balaban J connectivity index is 2.11. The second-order valence-corrected chi connectivity index (χ2v) is 8.01. The average molecular weight is 403 g/mol. The highest BCUT2D eigenvalue weighted by molar-refractivity contribution is 6.23. The molecule has 1 aromatic carbocycles. The Kier molecular flexibility index (Phi) is 7.35. The molecule has 1 amide bonds. The number of rotatable bonds is 9.